The third-order valence-electron chi connectivity index (χ3n) is 2.93. The van der Waals surface area contributed by atoms with Crippen LogP contribution in [0.5, 0.6) is 0 Å². The third kappa shape index (κ3) is 4.08. The number of nitrogens with one attached hydrogen (secondary N) is 1. The third-order valence-corrected chi connectivity index (χ3v) is 4.06. The Kier molecular flexibility index (Phi) is 5.00. The summed E-state index contributed by atoms with van der Waals surface area (Å²) in [5.74, 6) is 0.0595. The molecule has 0 bridgehead atoms. The molecule has 4 heteroatoms. The highest BCUT2D eigenvalue weighted by molar-refractivity contribution is 7.10. The molecule has 1 amide bonds. The molecule has 2 nitrogen and oxygen atoms in total. The summed E-state index contributed by atoms with van der Waals surface area (Å²) in [6.45, 7) is 2.06. The van der Waals surface area contributed by atoms with Gasteiger partial charge in [-0.05, 0) is 35.6 Å². The normalized spacial score (nSPS) is 12.1. The van der Waals surface area contributed by atoms with Crippen LogP contribution in [0.1, 0.15) is 29.8 Å². The summed E-state index contributed by atoms with van der Waals surface area (Å²) in [5.41, 5.74) is 1.09. The van der Waals surface area contributed by atoms with E-state index in [4.69, 9.17) is 11.6 Å². The van der Waals surface area contributed by atoms with Crippen LogP contribution in [-0.2, 0) is 11.2 Å². The fraction of sp³-hybridized carbons (Fsp3) is 0.267. The number of hydrogen-bond donors (Lipinski definition) is 1. The maximum absolute atomic E-state index is 12.0. The molecule has 2 aromatic rings. The SMILES string of the molecule is CC[C@@H](NC(=O)Cc1cccs1)c1ccc(Cl)cc1. The first-order valence-electron chi connectivity index (χ1n) is 6.26. The van der Waals surface area contributed by atoms with E-state index in [-0.39, 0.29) is 11.9 Å². The monoisotopic (exact) mass is 293 g/mol. The molecule has 0 aliphatic carbocycles. The van der Waals surface area contributed by atoms with Crippen LogP contribution >= 0.6 is 22.9 Å². The number of amides is 1. The van der Waals surface area contributed by atoms with Gasteiger partial charge in [-0.25, -0.2) is 0 Å². The maximum atomic E-state index is 12.0. The first-order chi connectivity index (χ1) is 9.19. The van der Waals surface area contributed by atoms with Gasteiger partial charge >= 0.3 is 0 Å². The minimum atomic E-state index is 0.0460. The molecule has 1 N–H and O–H groups in total. The van der Waals surface area contributed by atoms with Gasteiger partial charge < -0.3 is 5.32 Å². The van der Waals surface area contributed by atoms with Crippen LogP contribution in [0, 0.1) is 0 Å². The van der Waals surface area contributed by atoms with Crippen molar-refractivity contribution in [1.82, 2.24) is 5.32 Å². The van der Waals surface area contributed by atoms with Crippen molar-refractivity contribution >= 4 is 28.8 Å². The Morgan fingerprint density at radius 1 is 1.32 bits per heavy atom. The molecule has 0 radical (unpaired) electrons. The van der Waals surface area contributed by atoms with Gasteiger partial charge in [0.05, 0.1) is 12.5 Å². The Hall–Kier alpha value is -1.32. The van der Waals surface area contributed by atoms with Crippen molar-refractivity contribution in [3.05, 3.63) is 57.2 Å². The van der Waals surface area contributed by atoms with Crippen LogP contribution < -0.4 is 5.32 Å². The lowest BCUT2D eigenvalue weighted by molar-refractivity contribution is -0.121. The van der Waals surface area contributed by atoms with Crippen molar-refractivity contribution in [2.24, 2.45) is 0 Å². The standard InChI is InChI=1S/C15H16ClNOS/c1-2-14(11-5-7-12(16)8-6-11)17-15(18)10-13-4-3-9-19-13/h3-9,14H,2,10H2,1H3,(H,17,18)/t14-/m1/s1. The summed E-state index contributed by atoms with van der Waals surface area (Å²) >= 11 is 7.48. The van der Waals surface area contributed by atoms with E-state index in [1.165, 1.54) is 0 Å². The van der Waals surface area contributed by atoms with Crippen LogP contribution in [0.15, 0.2) is 41.8 Å². The minimum Gasteiger partial charge on any atom is -0.349 e. The number of carbonyl (C=O) groups is 1. The molecule has 1 aromatic carbocycles. The molecule has 0 aliphatic heterocycles. The highest BCUT2D eigenvalue weighted by Gasteiger charge is 2.13. The van der Waals surface area contributed by atoms with E-state index in [1.807, 2.05) is 41.8 Å². The van der Waals surface area contributed by atoms with E-state index < -0.39 is 0 Å². The van der Waals surface area contributed by atoms with Crippen molar-refractivity contribution in [1.29, 1.82) is 0 Å². The van der Waals surface area contributed by atoms with E-state index in [9.17, 15) is 4.79 Å². The topological polar surface area (TPSA) is 29.1 Å². The predicted octanol–water partition coefficient (Wildman–Crippen LogP) is 4.21. The zero-order valence-electron chi connectivity index (χ0n) is 10.7. The van der Waals surface area contributed by atoms with Crippen molar-refractivity contribution in [2.75, 3.05) is 0 Å². The average Bonchev–Trinajstić information content (AvgIpc) is 2.90. The van der Waals surface area contributed by atoms with E-state index in [2.05, 4.69) is 12.2 Å². The van der Waals surface area contributed by atoms with Gasteiger partial charge in [0.2, 0.25) is 5.91 Å². The molecular formula is C15H16ClNOS. The van der Waals surface area contributed by atoms with Gasteiger partial charge in [-0.1, -0.05) is 36.7 Å². The molecule has 0 saturated heterocycles. The average molecular weight is 294 g/mol. The van der Waals surface area contributed by atoms with Crippen LogP contribution in [0.25, 0.3) is 0 Å². The first-order valence-corrected chi connectivity index (χ1v) is 7.52. The van der Waals surface area contributed by atoms with Gasteiger partial charge in [0.1, 0.15) is 0 Å². The molecule has 1 atom stereocenters. The molecule has 0 fully saturated rings. The van der Waals surface area contributed by atoms with E-state index in [0.29, 0.717) is 11.4 Å². The molecule has 2 rings (SSSR count). The second-order valence-electron chi connectivity index (χ2n) is 4.34. The van der Waals surface area contributed by atoms with E-state index in [0.717, 1.165) is 16.9 Å². The van der Waals surface area contributed by atoms with Gasteiger partial charge in [-0.15, -0.1) is 11.3 Å². The molecule has 0 aliphatic rings. The van der Waals surface area contributed by atoms with Crippen LogP contribution in [0.3, 0.4) is 0 Å². The summed E-state index contributed by atoms with van der Waals surface area (Å²) in [5, 5.41) is 5.76. The lowest BCUT2D eigenvalue weighted by Gasteiger charge is -2.17. The van der Waals surface area contributed by atoms with Gasteiger partial charge in [0, 0.05) is 9.90 Å². The smallest absolute Gasteiger partial charge is 0.225 e. The van der Waals surface area contributed by atoms with Crippen LogP contribution in [0.4, 0.5) is 0 Å². The Morgan fingerprint density at radius 2 is 2.05 bits per heavy atom. The fourth-order valence-corrected chi connectivity index (χ4v) is 2.76. The van der Waals surface area contributed by atoms with Crippen LogP contribution in [0.2, 0.25) is 5.02 Å². The highest BCUT2D eigenvalue weighted by atomic mass is 35.5. The van der Waals surface area contributed by atoms with Crippen LogP contribution in [-0.4, -0.2) is 5.91 Å². The Morgan fingerprint density at radius 3 is 2.63 bits per heavy atom. The van der Waals surface area contributed by atoms with Crippen molar-refractivity contribution in [2.45, 2.75) is 25.8 Å². The number of rotatable bonds is 5. The minimum absolute atomic E-state index is 0.0460. The number of benzene rings is 1. The first kappa shape index (κ1) is 14.1. The molecule has 0 spiro atoms. The molecular weight excluding hydrogens is 278 g/mol. The summed E-state index contributed by atoms with van der Waals surface area (Å²) in [4.78, 5) is 13.1. The number of hydrogen-bond acceptors (Lipinski definition) is 2. The van der Waals surface area contributed by atoms with Gasteiger partial charge in [0.25, 0.3) is 0 Å². The quantitative estimate of drug-likeness (QED) is 0.879. The molecule has 1 aromatic heterocycles. The zero-order chi connectivity index (χ0) is 13.7. The van der Waals surface area contributed by atoms with Crippen molar-refractivity contribution in [3.8, 4) is 0 Å². The summed E-state index contributed by atoms with van der Waals surface area (Å²) in [6, 6.07) is 11.6. The second-order valence-corrected chi connectivity index (χ2v) is 5.80. The van der Waals surface area contributed by atoms with Crippen molar-refractivity contribution < 1.29 is 4.79 Å². The molecule has 1 heterocycles. The lowest BCUT2D eigenvalue weighted by atomic mass is 10.0. The number of carbonyl (C=O) groups excluding carboxylic acids is 1. The Labute approximate surface area is 122 Å². The van der Waals surface area contributed by atoms with E-state index in [1.54, 1.807) is 11.3 Å². The number of thiophene rings is 1. The van der Waals surface area contributed by atoms with Gasteiger partial charge in [-0.3, -0.25) is 4.79 Å². The lowest BCUT2D eigenvalue weighted by Crippen LogP contribution is -2.29. The molecule has 0 unspecified atom stereocenters. The highest BCUT2D eigenvalue weighted by Crippen LogP contribution is 2.19. The summed E-state index contributed by atoms with van der Waals surface area (Å²) in [7, 11) is 0. The second kappa shape index (κ2) is 6.73. The molecule has 19 heavy (non-hydrogen) atoms. The summed E-state index contributed by atoms with van der Waals surface area (Å²) in [6.07, 6.45) is 1.31. The summed E-state index contributed by atoms with van der Waals surface area (Å²) < 4.78 is 0. The Bertz CT molecular complexity index is 522. The fourth-order valence-electron chi connectivity index (χ4n) is 1.93. The van der Waals surface area contributed by atoms with Crippen molar-refractivity contribution in [3.63, 3.8) is 0 Å². The zero-order valence-corrected chi connectivity index (χ0v) is 12.3. The van der Waals surface area contributed by atoms with Gasteiger partial charge in [0.15, 0.2) is 0 Å². The molecule has 0 saturated carbocycles. The molecule has 100 valence electrons. The predicted molar refractivity (Wildman–Crippen MR) is 80.6 cm³/mol. The largest absolute Gasteiger partial charge is 0.349 e. The Balaban J connectivity index is 1.98. The number of halogens is 1. The maximum Gasteiger partial charge on any atom is 0.225 e. The van der Waals surface area contributed by atoms with Gasteiger partial charge in [-0.2, -0.15) is 0 Å². The van der Waals surface area contributed by atoms with E-state index >= 15 is 0 Å².